The fraction of sp³-hybridized carbons (Fsp3) is 0. The van der Waals surface area contributed by atoms with E-state index in [9.17, 15) is 8.78 Å². The number of halogens is 3. The molecule has 0 bridgehead atoms. The third-order valence-electron chi connectivity index (χ3n) is 0.989. The van der Waals surface area contributed by atoms with Gasteiger partial charge in [0.25, 0.3) is 0 Å². The highest BCUT2D eigenvalue weighted by Crippen LogP contribution is 2.23. The number of hydrogen-bond donors (Lipinski definition) is 0. The van der Waals surface area contributed by atoms with Crippen molar-refractivity contribution in [2.24, 2.45) is 0 Å². The molecule has 0 fully saturated rings. The monoisotopic (exact) mass is 174 g/mol. The van der Waals surface area contributed by atoms with Gasteiger partial charge in [0.1, 0.15) is 5.15 Å². The molecule has 0 N–H and O–H groups in total. The largest absolute Gasteiger partial charge is 0.247 e. The van der Waals surface area contributed by atoms with Gasteiger partial charge >= 0.3 is 0 Å². The Morgan fingerprint density at radius 2 is 2.18 bits per heavy atom. The molecular formula is C6HClF2N2. The lowest BCUT2D eigenvalue weighted by Crippen LogP contribution is -1.88. The normalized spacial score (nSPS) is 9.27. The van der Waals surface area contributed by atoms with Crippen LogP contribution in [0.2, 0.25) is 5.15 Å². The molecule has 0 aromatic carbocycles. The van der Waals surface area contributed by atoms with Gasteiger partial charge in [-0.05, 0) is 6.07 Å². The Morgan fingerprint density at radius 1 is 1.55 bits per heavy atom. The third-order valence-corrected chi connectivity index (χ3v) is 1.27. The number of hydrogen-bond acceptors (Lipinski definition) is 1. The minimum Gasteiger partial charge on any atom is -0.235 e. The summed E-state index contributed by atoms with van der Waals surface area (Å²) in [5.41, 5.74) is -0.189. The summed E-state index contributed by atoms with van der Waals surface area (Å²) in [6, 6.07) is 0.706. The van der Waals surface area contributed by atoms with Crippen LogP contribution in [0.4, 0.5) is 14.5 Å². The van der Waals surface area contributed by atoms with Crippen molar-refractivity contribution >= 4 is 17.3 Å². The first-order valence-electron chi connectivity index (χ1n) is 2.54. The maximum Gasteiger partial charge on any atom is 0.247 e. The average Bonchev–Trinajstić information content (AvgIpc) is 1.97. The Hall–Kier alpha value is -1.21. The molecule has 0 unspecified atom stereocenters. The smallest absolute Gasteiger partial charge is 0.235 e. The lowest BCUT2D eigenvalue weighted by Gasteiger charge is -1.94. The van der Waals surface area contributed by atoms with Crippen molar-refractivity contribution in [2.75, 3.05) is 0 Å². The fourth-order valence-corrected chi connectivity index (χ4v) is 0.685. The first-order valence-corrected chi connectivity index (χ1v) is 2.92. The van der Waals surface area contributed by atoms with Gasteiger partial charge in [0.2, 0.25) is 11.6 Å². The summed E-state index contributed by atoms with van der Waals surface area (Å²) in [4.78, 5) is 5.77. The zero-order valence-electron chi connectivity index (χ0n) is 5.11. The van der Waals surface area contributed by atoms with Crippen LogP contribution in [0.5, 0.6) is 0 Å². The van der Waals surface area contributed by atoms with E-state index in [0.29, 0.717) is 6.07 Å². The Morgan fingerprint density at radius 3 is 2.73 bits per heavy atom. The van der Waals surface area contributed by atoms with E-state index < -0.39 is 11.8 Å². The van der Waals surface area contributed by atoms with E-state index in [0.717, 1.165) is 0 Å². The van der Waals surface area contributed by atoms with Crippen LogP contribution in [0.15, 0.2) is 6.07 Å². The van der Waals surface area contributed by atoms with E-state index >= 15 is 0 Å². The highest BCUT2D eigenvalue weighted by Gasteiger charge is 2.08. The predicted molar refractivity (Wildman–Crippen MR) is 35.4 cm³/mol. The van der Waals surface area contributed by atoms with Gasteiger partial charge in [-0.1, -0.05) is 11.6 Å². The lowest BCUT2D eigenvalue weighted by molar-refractivity contribution is 0.480. The molecule has 0 radical (unpaired) electrons. The van der Waals surface area contributed by atoms with E-state index in [-0.39, 0.29) is 10.8 Å². The van der Waals surface area contributed by atoms with Crippen molar-refractivity contribution in [1.82, 2.24) is 4.98 Å². The molecule has 0 atom stereocenters. The van der Waals surface area contributed by atoms with Gasteiger partial charge in [-0.3, -0.25) is 0 Å². The average molecular weight is 175 g/mol. The maximum absolute atomic E-state index is 12.3. The van der Waals surface area contributed by atoms with Crippen LogP contribution < -0.4 is 0 Å². The van der Waals surface area contributed by atoms with Gasteiger partial charge in [-0.2, -0.15) is 4.39 Å². The number of nitrogens with zero attached hydrogens (tertiary/aromatic N) is 2. The molecule has 1 aromatic rings. The van der Waals surface area contributed by atoms with Crippen molar-refractivity contribution in [2.45, 2.75) is 0 Å². The maximum atomic E-state index is 12.3. The standard InChI is InChI=1S/C6HClF2N2/c1-10-4-2-3(8)6(9)11-5(4)7/h2H. The van der Waals surface area contributed by atoms with Crippen LogP contribution in [-0.2, 0) is 0 Å². The fourth-order valence-electron chi connectivity index (χ4n) is 0.514. The minimum atomic E-state index is -1.29. The molecule has 5 heteroatoms. The van der Waals surface area contributed by atoms with Crippen LogP contribution in [0.25, 0.3) is 4.85 Å². The van der Waals surface area contributed by atoms with Gasteiger partial charge in [-0.25, -0.2) is 14.2 Å². The summed E-state index contributed by atoms with van der Waals surface area (Å²) in [7, 11) is 0. The summed E-state index contributed by atoms with van der Waals surface area (Å²) in [5.74, 6) is -2.46. The second-order valence-corrected chi connectivity index (χ2v) is 2.04. The van der Waals surface area contributed by atoms with Gasteiger partial charge < -0.3 is 0 Å². The summed E-state index contributed by atoms with van der Waals surface area (Å²) in [6.07, 6.45) is 0. The Kier molecular flexibility index (Phi) is 2.01. The van der Waals surface area contributed by atoms with Gasteiger partial charge in [0.15, 0.2) is 5.82 Å². The molecule has 0 aliphatic rings. The zero-order valence-corrected chi connectivity index (χ0v) is 5.86. The Bertz CT molecular complexity index is 332. The first-order chi connectivity index (χ1) is 5.15. The summed E-state index contributed by atoms with van der Waals surface area (Å²) in [5, 5.41) is -0.320. The van der Waals surface area contributed by atoms with Crippen LogP contribution >= 0.6 is 11.6 Å². The van der Waals surface area contributed by atoms with Crippen LogP contribution in [0.1, 0.15) is 0 Å². The highest BCUT2D eigenvalue weighted by molar-refractivity contribution is 6.32. The molecular weight excluding hydrogens is 174 g/mol. The van der Waals surface area contributed by atoms with E-state index in [1.165, 1.54) is 0 Å². The second-order valence-electron chi connectivity index (χ2n) is 1.68. The summed E-state index contributed by atoms with van der Waals surface area (Å²) < 4.78 is 24.5. The molecule has 1 rings (SSSR count). The molecule has 11 heavy (non-hydrogen) atoms. The lowest BCUT2D eigenvalue weighted by atomic mass is 10.4. The van der Waals surface area contributed by atoms with Crippen molar-refractivity contribution in [3.8, 4) is 0 Å². The van der Waals surface area contributed by atoms with E-state index in [1.54, 1.807) is 0 Å². The number of pyridine rings is 1. The van der Waals surface area contributed by atoms with E-state index in [4.69, 9.17) is 18.2 Å². The Labute approximate surface area is 66.3 Å². The topological polar surface area (TPSA) is 17.2 Å². The van der Waals surface area contributed by atoms with Crippen LogP contribution in [-0.4, -0.2) is 4.98 Å². The molecule has 0 aliphatic carbocycles. The summed E-state index contributed by atoms with van der Waals surface area (Å²) in [6.45, 7) is 6.46. The predicted octanol–water partition coefficient (Wildman–Crippen LogP) is 2.56. The molecule has 1 aromatic heterocycles. The van der Waals surface area contributed by atoms with E-state index in [2.05, 4.69) is 9.83 Å². The van der Waals surface area contributed by atoms with Gasteiger partial charge in [0, 0.05) is 0 Å². The van der Waals surface area contributed by atoms with Crippen molar-refractivity contribution in [3.05, 3.63) is 34.4 Å². The molecule has 56 valence electrons. The molecule has 0 amide bonds. The first kappa shape index (κ1) is 7.89. The van der Waals surface area contributed by atoms with Crippen molar-refractivity contribution < 1.29 is 8.78 Å². The van der Waals surface area contributed by atoms with Crippen LogP contribution in [0, 0.1) is 18.3 Å². The molecule has 1 heterocycles. The van der Waals surface area contributed by atoms with Crippen LogP contribution in [0.3, 0.4) is 0 Å². The highest BCUT2D eigenvalue weighted by atomic mass is 35.5. The Balaban J connectivity index is 3.35. The van der Waals surface area contributed by atoms with E-state index in [1.807, 2.05) is 0 Å². The molecule has 0 spiro atoms. The SMILES string of the molecule is [C-]#[N+]c1cc(F)c(F)nc1Cl. The number of aromatic nitrogens is 1. The zero-order chi connectivity index (χ0) is 8.43. The molecule has 0 saturated heterocycles. The quantitative estimate of drug-likeness (QED) is 0.437. The number of rotatable bonds is 0. The summed E-state index contributed by atoms with van der Waals surface area (Å²) >= 11 is 5.27. The van der Waals surface area contributed by atoms with Gasteiger partial charge in [-0.15, -0.1) is 0 Å². The second kappa shape index (κ2) is 2.81. The minimum absolute atomic E-state index is 0.189. The van der Waals surface area contributed by atoms with Crippen molar-refractivity contribution in [1.29, 1.82) is 0 Å². The van der Waals surface area contributed by atoms with Gasteiger partial charge in [0.05, 0.1) is 6.57 Å². The molecule has 0 aliphatic heterocycles. The molecule has 2 nitrogen and oxygen atoms in total. The molecule has 0 saturated carbocycles. The third kappa shape index (κ3) is 1.44. The van der Waals surface area contributed by atoms with Crippen molar-refractivity contribution in [3.63, 3.8) is 0 Å².